The maximum atomic E-state index is 12.5. The molecule has 2 aromatic carbocycles. The first-order valence-electron chi connectivity index (χ1n) is 8.83. The molecule has 0 radical (unpaired) electrons. The number of para-hydroxylation sites is 1. The van der Waals surface area contributed by atoms with E-state index < -0.39 is 0 Å². The molecule has 0 aliphatic heterocycles. The van der Waals surface area contributed by atoms with Gasteiger partial charge >= 0.3 is 0 Å². The van der Waals surface area contributed by atoms with Gasteiger partial charge in [0.15, 0.2) is 0 Å². The molecule has 1 aromatic heterocycles. The van der Waals surface area contributed by atoms with Crippen molar-refractivity contribution < 1.29 is 9.53 Å². The molecule has 1 amide bonds. The van der Waals surface area contributed by atoms with Crippen LogP contribution in [-0.4, -0.2) is 24.5 Å². The predicted molar refractivity (Wildman–Crippen MR) is 109 cm³/mol. The molecule has 0 unspecified atom stereocenters. The van der Waals surface area contributed by atoms with E-state index in [-0.39, 0.29) is 5.91 Å². The standard InChI is InChI=1S/C22H20N4O2/c1-28-19-8-6-16(7-9-19)10-12-24-21-14-17(11-13-25-21)22(27)26-20-5-3-2-4-18(20)15-23/h2-9,11,13-14H,10,12H2,1H3,(H,24,25)(H,26,27). The molecule has 0 atom stereocenters. The number of methoxy groups -OCH3 is 1. The monoisotopic (exact) mass is 372 g/mol. The van der Waals surface area contributed by atoms with Gasteiger partial charge in [-0.05, 0) is 48.4 Å². The van der Waals surface area contributed by atoms with Crippen LogP contribution in [-0.2, 0) is 6.42 Å². The average Bonchev–Trinajstić information content (AvgIpc) is 2.75. The SMILES string of the molecule is COc1ccc(CCNc2cc(C(=O)Nc3ccccc3C#N)ccn2)cc1. The Bertz CT molecular complexity index is 994. The smallest absolute Gasteiger partial charge is 0.255 e. The molecule has 1 heterocycles. The summed E-state index contributed by atoms with van der Waals surface area (Å²) in [7, 11) is 1.64. The third-order valence-corrected chi connectivity index (χ3v) is 4.20. The third-order valence-electron chi connectivity index (χ3n) is 4.20. The Hall–Kier alpha value is -3.85. The van der Waals surface area contributed by atoms with Crippen LogP contribution in [0.2, 0.25) is 0 Å². The molecule has 0 aliphatic carbocycles. The first-order chi connectivity index (χ1) is 13.7. The minimum absolute atomic E-state index is 0.289. The Labute approximate surface area is 163 Å². The van der Waals surface area contributed by atoms with Crippen molar-refractivity contribution in [3.63, 3.8) is 0 Å². The van der Waals surface area contributed by atoms with E-state index in [1.165, 1.54) is 5.56 Å². The van der Waals surface area contributed by atoms with Crippen LogP contribution in [0.25, 0.3) is 0 Å². The number of carbonyl (C=O) groups excluding carboxylic acids is 1. The van der Waals surface area contributed by atoms with Crippen LogP contribution >= 0.6 is 0 Å². The predicted octanol–water partition coefficient (Wildman–Crippen LogP) is 3.87. The zero-order valence-corrected chi connectivity index (χ0v) is 15.5. The number of amides is 1. The Morgan fingerprint density at radius 2 is 1.93 bits per heavy atom. The van der Waals surface area contributed by atoms with Crippen molar-refractivity contribution in [1.82, 2.24) is 4.98 Å². The number of hydrogen-bond acceptors (Lipinski definition) is 5. The van der Waals surface area contributed by atoms with Gasteiger partial charge in [0.05, 0.1) is 18.4 Å². The lowest BCUT2D eigenvalue weighted by atomic mass is 10.1. The quantitative estimate of drug-likeness (QED) is 0.657. The zero-order valence-electron chi connectivity index (χ0n) is 15.5. The summed E-state index contributed by atoms with van der Waals surface area (Å²) in [5, 5.41) is 15.1. The van der Waals surface area contributed by atoms with Gasteiger partial charge in [-0.2, -0.15) is 5.26 Å². The van der Waals surface area contributed by atoms with Crippen molar-refractivity contribution in [2.75, 3.05) is 24.3 Å². The van der Waals surface area contributed by atoms with Gasteiger partial charge in [0.25, 0.3) is 5.91 Å². The Balaban J connectivity index is 1.60. The summed E-state index contributed by atoms with van der Waals surface area (Å²) < 4.78 is 5.15. The molecule has 0 fully saturated rings. The van der Waals surface area contributed by atoms with Gasteiger partial charge in [0.1, 0.15) is 17.6 Å². The number of pyridine rings is 1. The summed E-state index contributed by atoms with van der Waals surface area (Å²) in [6.07, 6.45) is 2.40. The highest BCUT2D eigenvalue weighted by Gasteiger charge is 2.10. The minimum atomic E-state index is -0.289. The number of rotatable bonds is 7. The van der Waals surface area contributed by atoms with E-state index in [1.54, 1.807) is 49.7 Å². The molecule has 3 aromatic rings. The second-order valence-corrected chi connectivity index (χ2v) is 6.07. The Morgan fingerprint density at radius 3 is 2.68 bits per heavy atom. The van der Waals surface area contributed by atoms with Gasteiger partial charge in [-0.3, -0.25) is 4.79 Å². The molecular formula is C22H20N4O2. The molecule has 0 aliphatic rings. The van der Waals surface area contributed by atoms with Crippen LogP contribution in [0.4, 0.5) is 11.5 Å². The number of hydrogen-bond donors (Lipinski definition) is 2. The summed E-state index contributed by atoms with van der Waals surface area (Å²) in [4.78, 5) is 16.8. The molecule has 0 saturated heterocycles. The molecular weight excluding hydrogens is 352 g/mol. The number of ether oxygens (including phenoxy) is 1. The highest BCUT2D eigenvalue weighted by atomic mass is 16.5. The molecule has 6 nitrogen and oxygen atoms in total. The topological polar surface area (TPSA) is 87.0 Å². The molecule has 3 rings (SSSR count). The average molecular weight is 372 g/mol. The van der Waals surface area contributed by atoms with E-state index in [0.717, 1.165) is 12.2 Å². The zero-order chi connectivity index (χ0) is 19.8. The molecule has 6 heteroatoms. The number of nitrogens with zero attached hydrogens (tertiary/aromatic N) is 2. The lowest BCUT2D eigenvalue weighted by Crippen LogP contribution is -2.14. The summed E-state index contributed by atoms with van der Waals surface area (Å²) in [5.41, 5.74) is 2.55. The van der Waals surface area contributed by atoms with Crippen LogP contribution in [0.5, 0.6) is 5.75 Å². The van der Waals surface area contributed by atoms with E-state index in [2.05, 4.69) is 21.7 Å². The second-order valence-electron chi connectivity index (χ2n) is 6.07. The first-order valence-corrected chi connectivity index (χ1v) is 8.83. The highest BCUT2D eigenvalue weighted by molar-refractivity contribution is 6.05. The van der Waals surface area contributed by atoms with Crippen LogP contribution in [0.15, 0.2) is 66.9 Å². The lowest BCUT2D eigenvalue weighted by molar-refractivity contribution is 0.102. The van der Waals surface area contributed by atoms with Crippen molar-refractivity contribution in [3.8, 4) is 11.8 Å². The van der Waals surface area contributed by atoms with Crippen LogP contribution in [0.1, 0.15) is 21.5 Å². The number of nitrogens with one attached hydrogen (secondary N) is 2. The number of aromatic nitrogens is 1. The van der Waals surface area contributed by atoms with Crippen LogP contribution in [0.3, 0.4) is 0 Å². The number of anilines is 2. The van der Waals surface area contributed by atoms with Gasteiger partial charge in [-0.1, -0.05) is 24.3 Å². The number of carbonyl (C=O) groups is 1. The third kappa shape index (κ3) is 4.86. The number of benzene rings is 2. The fourth-order valence-electron chi connectivity index (χ4n) is 2.68. The Morgan fingerprint density at radius 1 is 1.14 bits per heavy atom. The van der Waals surface area contributed by atoms with Crippen molar-refractivity contribution in [3.05, 3.63) is 83.6 Å². The molecule has 0 saturated carbocycles. The van der Waals surface area contributed by atoms with E-state index in [4.69, 9.17) is 10.00 Å². The molecule has 140 valence electrons. The molecule has 28 heavy (non-hydrogen) atoms. The Kier molecular flexibility index (Phi) is 6.21. The summed E-state index contributed by atoms with van der Waals surface area (Å²) in [5.74, 6) is 1.16. The van der Waals surface area contributed by atoms with Gasteiger partial charge < -0.3 is 15.4 Å². The first kappa shape index (κ1) is 18.9. The lowest BCUT2D eigenvalue weighted by Gasteiger charge is -2.09. The largest absolute Gasteiger partial charge is 0.497 e. The maximum Gasteiger partial charge on any atom is 0.255 e. The number of nitriles is 1. The summed E-state index contributed by atoms with van der Waals surface area (Å²) in [6, 6.07) is 20.2. The van der Waals surface area contributed by atoms with E-state index in [9.17, 15) is 4.79 Å². The normalized spacial score (nSPS) is 10.0. The van der Waals surface area contributed by atoms with Crippen LogP contribution in [0, 0.1) is 11.3 Å². The van der Waals surface area contributed by atoms with Crippen molar-refractivity contribution >= 4 is 17.4 Å². The van der Waals surface area contributed by atoms with Gasteiger partial charge in [-0.25, -0.2) is 4.98 Å². The second kappa shape index (κ2) is 9.19. The fourth-order valence-corrected chi connectivity index (χ4v) is 2.68. The molecule has 0 bridgehead atoms. The van der Waals surface area contributed by atoms with E-state index in [1.807, 2.05) is 24.3 Å². The van der Waals surface area contributed by atoms with Gasteiger partial charge in [0.2, 0.25) is 0 Å². The highest BCUT2D eigenvalue weighted by Crippen LogP contribution is 2.16. The minimum Gasteiger partial charge on any atom is -0.497 e. The van der Waals surface area contributed by atoms with E-state index >= 15 is 0 Å². The van der Waals surface area contributed by atoms with Crippen LogP contribution < -0.4 is 15.4 Å². The summed E-state index contributed by atoms with van der Waals surface area (Å²) in [6.45, 7) is 0.682. The summed E-state index contributed by atoms with van der Waals surface area (Å²) >= 11 is 0. The van der Waals surface area contributed by atoms with Gasteiger partial charge in [0, 0.05) is 18.3 Å². The van der Waals surface area contributed by atoms with E-state index in [0.29, 0.717) is 29.2 Å². The van der Waals surface area contributed by atoms with Crippen molar-refractivity contribution in [2.24, 2.45) is 0 Å². The van der Waals surface area contributed by atoms with Crippen molar-refractivity contribution in [1.29, 1.82) is 5.26 Å². The maximum absolute atomic E-state index is 12.5. The van der Waals surface area contributed by atoms with Gasteiger partial charge in [-0.15, -0.1) is 0 Å². The fraction of sp³-hybridized carbons (Fsp3) is 0.136. The molecule has 2 N–H and O–H groups in total. The molecule has 0 spiro atoms. The van der Waals surface area contributed by atoms with Crippen molar-refractivity contribution in [2.45, 2.75) is 6.42 Å².